The van der Waals surface area contributed by atoms with Crippen LogP contribution in [0.25, 0.3) is 0 Å². The van der Waals surface area contributed by atoms with Crippen LogP contribution >= 0.6 is 23.2 Å². The predicted molar refractivity (Wildman–Crippen MR) is 83.5 cm³/mol. The SMILES string of the molecule is COc1ccc(C(Nc2ccc(Cl)cc2)C(=O)O)cc1Cl. The fraction of sp³-hybridized carbons (Fsp3) is 0.133. The monoisotopic (exact) mass is 325 g/mol. The Morgan fingerprint density at radius 2 is 1.86 bits per heavy atom. The van der Waals surface area contributed by atoms with Crippen LogP contribution in [0.1, 0.15) is 11.6 Å². The minimum absolute atomic E-state index is 0.360. The van der Waals surface area contributed by atoms with Gasteiger partial charge in [-0.25, -0.2) is 4.79 Å². The Labute approximate surface area is 132 Å². The molecule has 0 aliphatic carbocycles. The first-order valence-corrected chi connectivity index (χ1v) is 6.85. The van der Waals surface area contributed by atoms with Gasteiger partial charge in [0, 0.05) is 10.7 Å². The average molecular weight is 326 g/mol. The molecule has 0 amide bonds. The molecule has 2 aromatic rings. The highest BCUT2D eigenvalue weighted by atomic mass is 35.5. The van der Waals surface area contributed by atoms with Gasteiger partial charge in [0.15, 0.2) is 6.04 Å². The molecule has 0 aliphatic heterocycles. The summed E-state index contributed by atoms with van der Waals surface area (Å²) in [6.07, 6.45) is 0. The number of ether oxygens (including phenoxy) is 1. The lowest BCUT2D eigenvalue weighted by molar-refractivity contribution is -0.138. The first-order valence-electron chi connectivity index (χ1n) is 6.09. The molecule has 0 radical (unpaired) electrons. The molecule has 0 fully saturated rings. The zero-order chi connectivity index (χ0) is 15.4. The van der Waals surface area contributed by atoms with Crippen LogP contribution in [-0.4, -0.2) is 18.2 Å². The van der Waals surface area contributed by atoms with E-state index in [1.807, 2.05) is 0 Å². The molecule has 4 nitrogen and oxygen atoms in total. The van der Waals surface area contributed by atoms with Gasteiger partial charge in [0.25, 0.3) is 0 Å². The van der Waals surface area contributed by atoms with E-state index in [1.54, 1.807) is 42.5 Å². The molecule has 0 saturated carbocycles. The maximum atomic E-state index is 11.5. The maximum Gasteiger partial charge on any atom is 0.330 e. The van der Waals surface area contributed by atoms with Crippen LogP contribution in [0.2, 0.25) is 10.0 Å². The highest BCUT2D eigenvalue weighted by Gasteiger charge is 2.20. The molecule has 2 aromatic carbocycles. The van der Waals surface area contributed by atoms with Gasteiger partial charge in [-0.15, -0.1) is 0 Å². The molecule has 21 heavy (non-hydrogen) atoms. The number of carboxylic acid groups (broad SMARTS) is 1. The van der Waals surface area contributed by atoms with E-state index in [4.69, 9.17) is 27.9 Å². The van der Waals surface area contributed by atoms with Crippen molar-refractivity contribution in [2.24, 2.45) is 0 Å². The molecule has 0 heterocycles. The Hall–Kier alpha value is -1.91. The average Bonchev–Trinajstić information content (AvgIpc) is 2.46. The van der Waals surface area contributed by atoms with Crippen LogP contribution < -0.4 is 10.1 Å². The van der Waals surface area contributed by atoms with Gasteiger partial charge >= 0.3 is 5.97 Å². The molecule has 0 aliphatic rings. The Morgan fingerprint density at radius 1 is 1.19 bits per heavy atom. The third-order valence-electron chi connectivity index (χ3n) is 2.91. The van der Waals surface area contributed by atoms with E-state index in [-0.39, 0.29) is 0 Å². The molecule has 2 N–H and O–H groups in total. The lowest BCUT2D eigenvalue weighted by Crippen LogP contribution is -2.20. The van der Waals surface area contributed by atoms with Crippen LogP contribution in [0.4, 0.5) is 5.69 Å². The molecule has 0 saturated heterocycles. The number of nitrogens with one attached hydrogen (secondary N) is 1. The van der Waals surface area contributed by atoms with Crippen molar-refractivity contribution in [1.82, 2.24) is 0 Å². The number of carbonyl (C=O) groups is 1. The molecular weight excluding hydrogens is 313 g/mol. The number of benzene rings is 2. The van der Waals surface area contributed by atoms with E-state index in [1.165, 1.54) is 7.11 Å². The van der Waals surface area contributed by atoms with Crippen molar-refractivity contribution in [3.63, 3.8) is 0 Å². The Morgan fingerprint density at radius 3 is 2.38 bits per heavy atom. The minimum Gasteiger partial charge on any atom is -0.495 e. The molecule has 6 heteroatoms. The summed E-state index contributed by atoms with van der Waals surface area (Å²) in [5.74, 6) is -0.512. The molecule has 1 atom stereocenters. The number of carboxylic acids is 1. The first-order chi connectivity index (χ1) is 10.0. The molecular formula is C15H13Cl2NO3. The number of anilines is 1. The van der Waals surface area contributed by atoms with Crippen molar-refractivity contribution in [3.05, 3.63) is 58.1 Å². The van der Waals surface area contributed by atoms with Crippen LogP contribution in [0.5, 0.6) is 5.75 Å². The van der Waals surface area contributed by atoms with Crippen molar-refractivity contribution in [3.8, 4) is 5.75 Å². The van der Waals surface area contributed by atoms with Gasteiger partial charge in [-0.1, -0.05) is 29.3 Å². The highest BCUT2D eigenvalue weighted by molar-refractivity contribution is 6.32. The lowest BCUT2D eigenvalue weighted by atomic mass is 10.1. The summed E-state index contributed by atoms with van der Waals surface area (Å²) in [4.78, 5) is 11.5. The van der Waals surface area contributed by atoms with E-state index in [9.17, 15) is 9.90 Å². The normalized spacial score (nSPS) is 11.8. The van der Waals surface area contributed by atoms with E-state index < -0.39 is 12.0 Å². The maximum absolute atomic E-state index is 11.5. The van der Waals surface area contributed by atoms with E-state index in [2.05, 4.69) is 5.32 Å². The van der Waals surface area contributed by atoms with Crippen molar-refractivity contribution in [1.29, 1.82) is 0 Å². The summed E-state index contributed by atoms with van der Waals surface area (Å²) >= 11 is 11.8. The van der Waals surface area contributed by atoms with Crippen LogP contribution in [0.15, 0.2) is 42.5 Å². The largest absolute Gasteiger partial charge is 0.495 e. The molecule has 0 aromatic heterocycles. The van der Waals surface area contributed by atoms with Gasteiger partial charge < -0.3 is 15.2 Å². The summed E-state index contributed by atoms with van der Waals surface area (Å²) in [7, 11) is 1.50. The topological polar surface area (TPSA) is 58.6 Å². The second-order valence-electron chi connectivity index (χ2n) is 4.32. The highest BCUT2D eigenvalue weighted by Crippen LogP contribution is 2.29. The van der Waals surface area contributed by atoms with Crippen LogP contribution in [-0.2, 0) is 4.79 Å². The van der Waals surface area contributed by atoms with Crippen molar-refractivity contribution in [2.45, 2.75) is 6.04 Å². The summed E-state index contributed by atoms with van der Waals surface area (Å²) in [5, 5.41) is 13.3. The quantitative estimate of drug-likeness (QED) is 0.863. The summed E-state index contributed by atoms with van der Waals surface area (Å²) < 4.78 is 5.06. The third-order valence-corrected chi connectivity index (χ3v) is 3.46. The summed E-state index contributed by atoms with van der Waals surface area (Å²) in [5.41, 5.74) is 1.18. The van der Waals surface area contributed by atoms with Gasteiger partial charge in [0.1, 0.15) is 5.75 Å². The third kappa shape index (κ3) is 3.80. The first kappa shape index (κ1) is 15.5. The Bertz CT molecular complexity index is 644. The van der Waals surface area contributed by atoms with E-state index in [0.29, 0.717) is 27.0 Å². The lowest BCUT2D eigenvalue weighted by Gasteiger charge is -2.17. The molecule has 110 valence electrons. The fourth-order valence-electron chi connectivity index (χ4n) is 1.86. The molecule has 0 bridgehead atoms. The number of rotatable bonds is 5. The smallest absolute Gasteiger partial charge is 0.330 e. The molecule has 1 unspecified atom stereocenters. The predicted octanol–water partition coefficient (Wildman–Crippen LogP) is 4.24. The van der Waals surface area contributed by atoms with Crippen LogP contribution in [0, 0.1) is 0 Å². The van der Waals surface area contributed by atoms with Gasteiger partial charge in [-0.3, -0.25) is 0 Å². The molecule has 2 rings (SSSR count). The number of halogens is 2. The van der Waals surface area contributed by atoms with E-state index in [0.717, 1.165) is 0 Å². The second-order valence-corrected chi connectivity index (χ2v) is 5.16. The van der Waals surface area contributed by atoms with Crippen molar-refractivity contribution < 1.29 is 14.6 Å². The Balaban J connectivity index is 2.28. The van der Waals surface area contributed by atoms with Gasteiger partial charge in [-0.2, -0.15) is 0 Å². The van der Waals surface area contributed by atoms with Crippen molar-refractivity contribution >= 4 is 34.9 Å². The van der Waals surface area contributed by atoms with E-state index >= 15 is 0 Å². The second kappa shape index (κ2) is 6.70. The summed E-state index contributed by atoms with van der Waals surface area (Å²) in [6.45, 7) is 0. The number of hydrogen-bond donors (Lipinski definition) is 2. The van der Waals surface area contributed by atoms with Crippen molar-refractivity contribution in [2.75, 3.05) is 12.4 Å². The number of methoxy groups -OCH3 is 1. The van der Waals surface area contributed by atoms with Gasteiger partial charge in [0.2, 0.25) is 0 Å². The fourth-order valence-corrected chi connectivity index (χ4v) is 2.25. The zero-order valence-electron chi connectivity index (χ0n) is 11.1. The van der Waals surface area contributed by atoms with Gasteiger partial charge in [0.05, 0.1) is 12.1 Å². The molecule has 0 spiro atoms. The van der Waals surface area contributed by atoms with Crippen LogP contribution in [0.3, 0.4) is 0 Å². The Kier molecular flexibility index (Phi) is 4.94. The number of aliphatic carboxylic acids is 1. The standard InChI is InChI=1S/C15H13Cl2NO3/c1-21-13-7-2-9(8-12(13)17)14(15(19)20)18-11-5-3-10(16)4-6-11/h2-8,14,18H,1H3,(H,19,20). The number of hydrogen-bond acceptors (Lipinski definition) is 3. The van der Waals surface area contributed by atoms with Gasteiger partial charge in [-0.05, 0) is 42.0 Å². The minimum atomic E-state index is -1.01. The summed E-state index contributed by atoms with van der Waals surface area (Å²) in [6, 6.07) is 10.7. The zero-order valence-corrected chi connectivity index (χ0v) is 12.7.